The highest BCUT2D eigenvalue weighted by Gasteiger charge is 2.03. The molecule has 0 saturated heterocycles. The van der Waals surface area contributed by atoms with Gasteiger partial charge in [-0.2, -0.15) is 0 Å². The van der Waals surface area contributed by atoms with Crippen molar-refractivity contribution in [3.8, 4) is 0 Å². The highest BCUT2D eigenvalue weighted by molar-refractivity contribution is 5.69. The second kappa shape index (κ2) is 33.5. The van der Waals surface area contributed by atoms with Gasteiger partial charge in [-0.15, -0.1) is 0 Å². The average Bonchev–Trinajstić information content (AvgIpc) is 2.90. The van der Waals surface area contributed by atoms with Crippen LogP contribution in [-0.2, 0) is 14.3 Å². The molecule has 0 spiro atoms. The summed E-state index contributed by atoms with van der Waals surface area (Å²) in [5, 5.41) is 0. The summed E-state index contributed by atoms with van der Waals surface area (Å²) in [5.74, 6) is -0.0526. The van der Waals surface area contributed by atoms with E-state index in [0.717, 1.165) is 25.9 Å². The maximum atomic E-state index is 11.8. The van der Waals surface area contributed by atoms with E-state index in [4.69, 9.17) is 9.47 Å². The fourth-order valence-electron chi connectivity index (χ4n) is 5.07. The Hall–Kier alpha value is -0.570. The second-order valence-corrected chi connectivity index (χ2v) is 11.4. The summed E-state index contributed by atoms with van der Waals surface area (Å²) in [5.41, 5.74) is 0. The number of hydrogen-bond donors (Lipinski definition) is 0. The van der Waals surface area contributed by atoms with Crippen molar-refractivity contribution in [2.45, 2.75) is 194 Å². The lowest BCUT2D eigenvalue weighted by Gasteiger charge is -2.07. The zero-order valence-corrected chi connectivity index (χ0v) is 25.6. The zero-order chi connectivity index (χ0) is 26.9. The molecule has 0 fully saturated rings. The third kappa shape index (κ3) is 33.4. The fraction of sp³-hybridized carbons (Fsp3) is 0.971. The molecule has 0 rings (SSSR count). The first-order valence-corrected chi connectivity index (χ1v) is 17.0. The summed E-state index contributed by atoms with van der Waals surface area (Å²) in [7, 11) is 0. The van der Waals surface area contributed by atoms with Crippen molar-refractivity contribution in [3.05, 3.63) is 0 Å². The van der Waals surface area contributed by atoms with Crippen LogP contribution in [0.25, 0.3) is 0 Å². The third-order valence-electron chi connectivity index (χ3n) is 7.62. The topological polar surface area (TPSA) is 35.5 Å². The molecule has 0 aromatic carbocycles. The number of esters is 1. The van der Waals surface area contributed by atoms with Crippen LogP contribution in [0, 0.1) is 0 Å². The molecular weight excluding hydrogens is 456 g/mol. The van der Waals surface area contributed by atoms with Crippen molar-refractivity contribution < 1.29 is 14.3 Å². The predicted octanol–water partition coefficient (Wildman–Crippen LogP) is 11.5. The molecule has 0 N–H and O–H groups in total. The van der Waals surface area contributed by atoms with Crippen LogP contribution < -0.4 is 0 Å². The fourth-order valence-corrected chi connectivity index (χ4v) is 5.07. The number of ether oxygens (including phenoxy) is 2. The van der Waals surface area contributed by atoms with Crippen LogP contribution in [-0.4, -0.2) is 25.8 Å². The van der Waals surface area contributed by atoms with Crippen LogP contribution in [0.4, 0.5) is 0 Å². The van der Waals surface area contributed by atoms with Crippen LogP contribution in [0.3, 0.4) is 0 Å². The Bertz CT molecular complexity index is 423. The molecular formula is C34H68O3. The number of carbonyl (C=O) groups excluding carboxylic acids is 1. The molecule has 0 aromatic rings. The Labute approximate surface area is 233 Å². The van der Waals surface area contributed by atoms with Crippen molar-refractivity contribution in [2.75, 3.05) is 19.8 Å². The first kappa shape index (κ1) is 36.4. The lowest BCUT2D eigenvalue weighted by molar-refractivity contribution is -0.145. The van der Waals surface area contributed by atoms with Gasteiger partial charge in [0.1, 0.15) is 6.61 Å². The molecule has 0 aliphatic carbocycles. The molecule has 0 heterocycles. The van der Waals surface area contributed by atoms with Gasteiger partial charge in [-0.05, 0) is 12.8 Å². The summed E-state index contributed by atoms with van der Waals surface area (Å²) in [6, 6.07) is 0. The lowest BCUT2D eigenvalue weighted by Crippen LogP contribution is -2.10. The van der Waals surface area contributed by atoms with Crippen molar-refractivity contribution in [1.82, 2.24) is 0 Å². The SMILES string of the molecule is CCCCCCCCCCCCCCCCOCCOC(=O)CCCCCCCCCCCCCCC. The molecule has 3 nitrogen and oxygen atoms in total. The third-order valence-corrected chi connectivity index (χ3v) is 7.62. The van der Waals surface area contributed by atoms with Gasteiger partial charge in [0.2, 0.25) is 0 Å². The van der Waals surface area contributed by atoms with Gasteiger partial charge >= 0.3 is 5.97 Å². The van der Waals surface area contributed by atoms with E-state index in [1.165, 1.54) is 154 Å². The van der Waals surface area contributed by atoms with Gasteiger partial charge in [-0.25, -0.2) is 0 Å². The molecule has 37 heavy (non-hydrogen) atoms. The van der Waals surface area contributed by atoms with Crippen LogP contribution in [0.2, 0.25) is 0 Å². The Balaban J connectivity index is 3.13. The minimum atomic E-state index is -0.0526. The highest BCUT2D eigenvalue weighted by Crippen LogP contribution is 2.14. The van der Waals surface area contributed by atoms with Crippen molar-refractivity contribution >= 4 is 5.97 Å². The normalized spacial score (nSPS) is 11.3. The van der Waals surface area contributed by atoms with Crippen molar-refractivity contribution in [3.63, 3.8) is 0 Å². The average molecular weight is 525 g/mol. The lowest BCUT2D eigenvalue weighted by atomic mass is 10.0. The minimum absolute atomic E-state index is 0.0526. The molecule has 0 saturated carbocycles. The van der Waals surface area contributed by atoms with Crippen LogP contribution in [0.1, 0.15) is 194 Å². The van der Waals surface area contributed by atoms with Gasteiger partial charge in [-0.3, -0.25) is 4.79 Å². The Morgan fingerprint density at radius 1 is 0.378 bits per heavy atom. The summed E-state index contributed by atoms with van der Waals surface area (Å²) < 4.78 is 10.9. The van der Waals surface area contributed by atoms with Crippen LogP contribution >= 0.6 is 0 Å². The Morgan fingerprint density at radius 2 is 0.703 bits per heavy atom. The molecule has 0 aromatic heterocycles. The van der Waals surface area contributed by atoms with E-state index in [2.05, 4.69) is 13.8 Å². The second-order valence-electron chi connectivity index (χ2n) is 11.4. The molecule has 0 unspecified atom stereocenters. The van der Waals surface area contributed by atoms with Gasteiger partial charge < -0.3 is 9.47 Å². The van der Waals surface area contributed by atoms with E-state index >= 15 is 0 Å². The first-order valence-electron chi connectivity index (χ1n) is 17.0. The molecule has 0 bridgehead atoms. The number of rotatable bonds is 32. The van der Waals surface area contributed by atoms with Crippen LogP contribution in [0.15, 0.2) is 0 Å². The Kier molecular flexibility index (Phi) is 32.9. The maximum absolute atomic E-state index is 11.8. The molecule has 0 radical (unpaired) electrons. The summed E-state index contributed by atoms with van der Waals surface area (Å²) in [4.78, 5) is 11.8. The zero-order valence-electron chi connectivity index (χ0n) is 25.6. The van der Waals surface area contributed by atoms with E-state index < -0.39 is 0 Å². The molecule has 222 valence electrons. The summed E-state index contributed by atoms with van der Waals surface area (Å²) in [6.07, 6.45) is 37.1. The molecule has 0 aliphatic heterocycles. The molecule has 0 amide bonds. The number of hydrogen-bond acceptors (Lipinski definition) is 3. The van der Waals surface area contributed by atoms with E-state index in [1.807, 2.05) is 0 Å². The number of carbonyl (C=O) groups is 1. The predicted molar refractivity (Wildman–Crippen MR) is 162 cm³/mol. The number of unbranched alkanes of at least 4 members (excludes halogenated alkanes) is 25. The molecule has 3 heteroatoms. The van der Waals surface area contributed by atoms with Crippen molar-refractivity contribution in [2.24, 2.45) is 0 Å². The minimum Gasteiger partial charge on any atom is -0.463 e. The Morgan fingerprint density at radius 3 is 1.08 bits per heavy atom. The van der Waals surface area contributed by atoms with E-state index in [1.54, 1.807) is 0 Å². The summed E-state index contributed by atoms with van der Waals surface area (Å²) in [6.45, 7) is 6.32. The van der Waals surface area contributed by atoms with Crippen LogP contribution in [0.5, 0.6) is 0 Å². The van der Waals surface area contributed by atoms with Gasteiger partial charge in [0.05, 0.1) is 6.61 Å². The van der Waals surface area contributed by atoms with Gasteiger partial charge in [0.15, 0.2) is 0 Å². The monoisotopic (exact) mass is 525 g/mol. The van der Waals surface area contributed by atoms with Gasteiger partial charge in [-0.1, -0.05) is 174 Å². The molecule has 0 atom stereocenters. The van der Waals surface area contributed by atoms with E-state index in [-0.39, 0.29) is 5.97 Å². The van der Waals surface area contributed by atoms with Gasteiger partial charge in [0.25, 0.3) is 0 Å². The van der Waals surface area contributed by atoms with E-state index in [0.29, 0.717) is 19.6 Å². The quantitative estimate of drug-likeness (QED) is 0.0648. The molecule has 0 aliphatic rings. The standard InChI is InChI=1S/C34H68O3/c1-3-5-7-9-11-13-15-17-19-21-23-25-27-29-31-36-32-33-37-34(35)30-28-26-24-22-20-18-16-14-12-10-8-6-4-2/h3-33H2,1-2H3. The van der Waals surface area contributed by atoms with E-state index in [9.17, 15) is 4.79 Å². The first-order chi connectivity index (χ1) is 18.3. The maximum Gasteiger partial charge on any atom is 0.305 e. The highest BCUT2D eigenvalue weighted by atomic mass is 16.6. The largest absolute Gasteiger partial charge is 0.463 e. The summed E-state index contributed by atoms with van der Waals surface area (Å²) >= 11 is 0. The van der Waals surface area contributed by atoms with Gasteiger partial charge in [0, 0.05) is 13.0 Å². The van der Waals surface area contributed by atoms with Crippen molar-refractivity contribution in [1.29, 1.82) is 0 Å². The smallest absolute Gasteiger partial charge is 0.305 e.